The van der Waals surface area contributed by atoms with E-state index in [4.69, 9.17) is 4.52 Å². The highest BCUT2D eigenvalue weighted by Crippen LogP contribution is 2.28. The number of carbonyl (C=O) groups excluding carboxylic acids is 1. The minimum absolute atomic E-state index is 0.0110. The first-order valence-electron chi connectivity index (χ1n) is 10.0. The molecule has 2 aromatic rings. The maximum Gasteiger partial charge on any atom is 0.270 e. The number of nitrogens with zero attached hydrogens (tertiary/aromatic N) is 2. The van der Waals surface area contributed by atoms with Crippen molar-refractivity contribution >= 4 is 21.6 Å². The maximum atomic E-state index is 13.5. The lowest BCUT2D eigenvalue weighted by molar-refractivity contribution is -0.120. The fourth-order valence-corrected chi connectivity index (χ4v) is 5.61. The first-order valence-corrected chi connectivity index (χ1v) is 11.5. The number of sulfonamides is 1. The third kappa shape index (κ3) is 4.63. The lowest BCUT2D eigenvalue weighted by Crippen LogP contribution is -2.47. The molecule has 0 bridgehead atoms. The van der Waals surface area contributed by atoms with Crippen LogP contribution in [0, 0.1) is 26.7 Å². The molecule has 0 spiro atoms. The second kappa shape index (κ2) is 8.57. The third-order valence-corrected chi connectivity index (χ3v) is 7.60. The van der Waals surface area contributed by atoms with Crippen LogP contribution in [0.15, 0.2) is 33.7 Å². The van der Waals surface area contributed by atoms with Gasteiger partial charge in [0.05, 0.1) is 5.69 Å². The van der Waals surface area contributed by atoms with Crippen LogP contribution in [0.5, 0.6) is 0 Å². The number of hydrogen-bond acceptors (Lipinski definition) is 5. The molecule has 1 N–H and O–H groups in total. The van der Waals surface area contributed by atoms with E-state index in [2.05, 4.69) is 17.4 Å². The molecule has 1 fully saturated rings. The summed E-state index contributed by atoms with van der Waals surface area (Å²) in [5, 5.41) is 6.82. The largest absolute Gasteiger partial charge is 0.360 e. The van der Waals surface area contributed by atoms with Gasteiger partial charge in [-0.3, -0.25) is 9.10 Å². The van der Waals surface area contributed by atoms with Gasteiger partial charge in [-0.2, -0.15) is 0 Å². The number of hydrogen-bond donors (Lipinski definition) is 1. The predicted octanol–water partition coefficient (Wildman–Crippen LogP) is 3.49. The predicted molar refractivity (Wildman–Crippen MR) is 111 cm³/mol. The Bertz CT molecular complexity index is 947. The fraction of sp³-hybridized carbons (Fsp3) is 0.524. The number of amides is 1. The topological polar surface area (TPSA) is 92.5 Å². The smallest absolute Gasteiger partial charge is 0.270 e. The highest BCUT2D eigenvalue weighted by Gasteiger charge is 2.33. The van der Waals surface area contributed by atoms with Gasteiger partial charge in [-0.05, 0) is 51.7 Å². The summed E-state index contributed by atoms with van der Waals surface area (Å²) >= 11 is 0. The Balaban J connectivity index is 1.91. The summed E-state index contributed by atoms with van der Waals surface area (Å²) < 4.78 is 33.1. The van der Waals surface area contributed by atoms with E-state index in [9.17, 15) is 13.2 Å². The molecule has 1 aliphatic rings. The number of benzene rings is 1. The van der Waals surface area contributed by atoms with E-state index in [-0.39, 0.29) is 34.8 Å². The van der Waals surface area contributed by atoms with Crippen LogP contribution >= 0.6 is 0 Å². The van der Waals surface area contributed by atoms with Crippen LogP contribution in [0.3, 0.4) is 0 Å². The Labute approximate surface area is 172 Å². The van der Waals surface area contributed by atoms with Crippen molar-refractivity contribution in [2.75, 3.05) is 10.8 Å². The van der Waals surface area contributed by atoms with Gasteiger partial charge in [0.15, 0.2) is 10.7 Å². The van der Waals surface area contributed by atoms with Gasteiger partial charge >= 0.3 is 0 Å². The van der Waals surface area contributed by atoms with Crippen molar-refractivity contribution in [1.82, 2.24) is 10.5 Å². The van der Waals surface area contributed by atoms with Crippen LogP contribution in [0.2, 0.25) is 0 Å². The second-order valence-corrected chi connectivity index (χ2v) is 9.74. The van der Waals surface area contributed by atoms with Gasteiger partial charge in [0.25, 0.3) is 10.0 Å². The molecule has 0 saturated heterocycles. The molecule has 0 radical (unpaired) electrons. The first-order chi connectivity index (χ1) is 13.7. The summed E-state index contributed by atoms with van der Waals surface area (Å²) in [7, 11) is -4.02. The van der Waals surface area contributed by atoms with Gasteiger partial charge in [0, 0.05) is 6.04 Å². The SMILES string of the molecule is Cc1ccc(N(CC(=O)N[C@@H]2CCCC[C@H]2C)S(=O)(=O)c2c(C)noc2C)cc1. The van der Waals surface area contributed by atoms with E-state index in [1.807, 2.05) is 19.1 Å². The minimum atomic E-state index is -4.02. The van der Waals surface area contributed by atoms with Crippen LogP contribution in [0.4, 0.5) is 5.69 Å². The summed E-state index contributed by atoms with van der Waals surface area (Å²) in [6, 6.07) is 7.15. The van der Waals surface area contributed by atoms with Gasteiger partial charge in [0.2, 0.25) is 5.91 Å². The molecular weight excluding hydrogens is 390 g/mol. The molecule has 29 heavy (non-hydrogen) atoms. The Morgan fingerprint density at radius 3 is 2.41 bits per heavy atom. The van der Waals surface area contributed by atoms with Crippen LogP contribution in [-0.4, -0.2) is 32.1 Å². The van der Waals surface area contributed by atoms with Crippen LogP contribution in [0.25, 0.3) is 0 Å². The standard InChI is InChI=1S/C21H29N3O4S/c1-14-9-11-18(12-10-14)24(29(26,27)21-16(3)23-28-17(21)4)13-20(25)22-19-8-6-5-7-15(19)2/h9-12,15,19H,5-8,13H2,1-4H3,(H,22,25)/t15-,19-/m1/s1. The number of nitrogens with one attached hydrogen (secondary N) is 1. The van der Waals surface area contributed by atoms with Crippen molar-refractivity contribution in [2.24, 2.45) is 5.92 Å². The number of aromatic nitrogens is 1. The molecule has 1 aromatic heterocycles. The summed E-state index contributed by atoms with van der Waals surface area (Å²) in [5.74, 6) is 0.292. The summed E-state index contributed by atoms with van der Waals surface area (Å²) in [5.41, 5.74) is 1.72. The van der Waals surface area contributed by atoms with Crippen LogP contribution in [-0.2, 0) is 14.8 Å². The van der Waals surface area contributed by atoms with Gasteiger partial charge in [-0.25, -0.2) is 8.42 Å². The Morgan fingerprint density at radius 2 is 1.83 bits per heavy atom. The van der Waals surface area contributed by atoms with Gasteiger partial charge < -0.3 is 9.84 Å². The zero-order valence-electron chi connectivity index (χ0n) is 17.4. The molecule has 1 amide bonds. The molecular formula is C21H29N3O4S. The normalized spacial score (nSPS) is 19.7. The molecule has 7 nitrogen and oxygen atoms in total. The van der Waals surface area contributed by atoms with Gasteiger partial charge in [0.1, 0.15) is 12.2 Å². The van der Waals surface area contributed by atoms with Crippen molar-refractivity contribution in [1.29, 1.82) is 0 Å². The number of anilines is 1. The fourth-order valence-electron chi connectivity index (χ4n) is 3.89. The van der Waals surface area contributed by atoms with Crippen LogP contribution < -0.4 is 9.62 Å². The second-order valence-electron chi connectivity index (χ2n) is 7.94. The molecule has 1 saturated carbocycles. The quantitative estimate of drug-likeness (QED) is 0.774. The summed E-state index contributed by atoms with van der Waals surface area (Å²) in [6.07, 6.45) is 4.25. The third-order valence-electron chi connectivity index (χ3n) is 5.58. The van der Waals surface area contributed by atoms with E-state index in [0.717, 1.165) is 29.1 Å². The van der Waals surface area contributed by atoms with E-state index in [1.54, 1.807) is 26.0 Å². The van der Waals surface area contributed by atoms with Crippen molar-refractivity contribution in [2.45, 2.75) is 64.3 Å². The zero-order chi connectivity index (χ0) is 21.2. The Morgan fingerprint density at radius 1 is 1.17 bits per heavy atom. The Kier molecular flexibility index (Phi) is 6.31. The lowest BCUT2D eigenvalue weighted by atomic mass is 9.86. The summed E-state index contributed by atoms with van der Waals surface area (Å²) in [4.78, 5) is 12.8. The molecule has 8 heteroatoms. The molecule has 0 unspecified atom stereocenters. The number of aryl methyl sites for hydroxylation is 3. The highest BCUT2D eigenvalue weighted by atomic mass is 32.2. The first kappa shape index (κ1) is 21.4. The molecule has 1 aromatic carbocycles. The van der Waals surface area contributed by atoms with Crippen molar-refractivity contribution in [3.05, 3.63) is 41.3 Å². The van der Waals surface area contributed by atoms with Crippen molar-refractivity contribution in [3.63, 3.8) is 0 Å². The molecule has 2 atom stereocenters. The average molecular weight is 420 g/mol. The lowest BCUT2D eigenvalue weighted by Gasteiger charge is -2.31. The summed E-state index contributed by atoms with van der Waals surface area (Å²) in [6.45, 7) is 6.90. The van der Waals surface area contributed by atoms with Crippen molar-refractivity contribution in [3.8, 4) is 0 Å². The molecule has 0 aliphatic heterocycles. The Hall–Kier alpha value is -2.35. The highest BCUT2D eigenvalue weighted by molar-refractivity contribution is 7.93. The van der Waals surface area contributed by atoms with E-state index < -0.39 is 10.0 Å². The molecule has 3 rings (SSSR count). The molecule has 1 aliphatic carbocycles. The number of rotatable bonds is 6. The number of carbonyl (C=O) groups is 1. The van der Waals surface area contributed by atoms with Crippen LogP contribution in [0.1, 0.15) is 49.6 Å². The average Bonchev–Trinajstić information content (AvgIpc) is 3.01. The van der Waals surface area contributed by atoms with E-state index >= 15 is 0 Å². The minimum Gasteiger partial charge on any atom is -0.360 e. The maximum absolute atomic E-state index is 13.5. The molecule has 1 heterocycles. The molecule has 158 valence electrons. The van der Waals surface area contributed by atoms with Crippen molar-refractivity contribution < 1.29 is 17.7 Å². The van der Waals surface area contributed by atoms with E-state index in [0.29, 0.717) is 11.6 Å². The van der Waals surface area contributed by atoms with Gasteiger partial charge in [-0.1, -0.05) is 42.6 Å². The monoisotopic (exact) mass is 419 g/mol. The van der Waals surface area contributed by atoms with E-state index in [1.165, 1.54) is 6.42 Å². The van der Waals surface area contributed by atoms with Gasteiger partial charge in [-0.15, -0.1) is 0 Å². The zero-order valence-corrected chi connectivity index (χ0v) is 18.3.